The van der Waals surface area contributed by atoms with E-state index < -0.39 is 5.76 Å². The van der Waals surface area contributed by atoms with Gasteiger partial charge in [-0.05, 0) is 30.0 Å². The Hall–Kier alpha value is -2.34. The smallest absolute Gasteiger partial charge is 0.408 e. The molecule has 2 heterocycles. The van der Waals surface area contributed by atoms with Gasteiger partial charge in [-0.25, -0.2) is 4.79 Å². The van der Waals surface area contributed by atoms with Crippen LogP contribution in [0.15, 0.2) is 51.0 Å². The number of thiophene rings is 1. The molecule has 0 aliphatic heterocycles. The quantitative estimate of drug-likeness (QED) is 0.784. The van der Waals surface area contributed by atoms with Crippen LogP contribution < -0.4 is 11.1 Å². The van der Waals surface area contributed by atoms with Gasteiger partial charge in [0.15, 0.2) is 5.58 Å². The number of benzene rings is 1. The number of aromatic nitrogens is 1. The number of rotatable bonds is 5. The Bertz CT molecular complexity index is 802. The highest BCUT2D eigenvalue weighted by Crippen LogP contribution is 2.11. The van der Waals surface area contributed by atoms with E-state index in [4.69, 9.17) is 4.42 Å². The number of hydrogen-bond acceptors (Lipinski definition) is 4. The molecule has 0 radical (unpaired) electrons. The molecule has 1 amide bonds. The molecule has 108 valence electrons. The van der Waals surface area contributed by atoms with Gasteiger partial charge in [0.05, 0.1) is 5.52 Å². The molecule has 0 saturated carbocycles. The standard InChI is InChI=1S/C15H14N2O3S/c18-14(16-8-7-11-4-3-9-21-11)10-17-12-5-1-2-6-13(12)20-15(17)19/h1-6,9H,7-8,10H2,(H,16,18). The highest BCUT2D eigenvalue weighted by molar-refractivity contribution is 7.09. The summed E-state index contributed by atoms with van der Waals surface area (Å²) in [5.41, 5.74) is 1.13. The Labute approximate surface area is 124 Å². The molecule has 0 aliphatic rings. The van der Waals surface area contributed by atoms with E-state index in [1.807, 2.05) is 23.6 Å². The molecule has 0 saturated heterocycles. The van der Waals surface area contributed by atoms with Crippen molar-refractivity contribution in [3.63, 3.8) is 0 Å². The zero-order chi connectivity index (χ0) is 14.7. The predicted octanol–water partition coefficient (Wildman–Crippen LogP) is 2.01. The fourth-order valence-corrected chi connectivity index (χ4v) is 2.85. The van der Waals surface area contributed by atoms with Crippen molar-refractivity contribution < 1.29 is 9.21 Å². The lowest BCUT2D eigenvalue weighted by molar-refractivity contribution is -0.121. The molecule has 3 aromatic rings. The van der Waals surface area contributed by atoms with Gasteiger partial charge in [0.2, 0.25) is 5.91 Å². The number of carbonyl (C=O) groups excluding carboxylic acids is 1. The Morgan fingerprint density at radius 3 is 2.90 bits per heavy atom. The van der Waals surface area contributed by atoms with Crippen molar-refractivity contribution >= 4 is 28.3 Å². The van der Waals surface area contributed by atoms with E-state index in [0.717, 1.165) is 6.42 Å². The maximum Gasteiger partial charge on any atom is 0.420 e. The lowest BCUT2D eigenvalue weighted by atomic mass is 10.3. The van der Waals surface area contributed by atoms with E-state index in [9.17, 15) is 9.59 Å². The molecular weight excluding hydrogens is 288 g/mol. The molecular formula is C15H14N2O3S. The van der Waals surface area contributed by atoms with Crippen LogP contribution in [0.3, 0.4) is 0 Å². The molecule has 0 unspecified atom stereocenters. The van der Waals surface area contributed by atoms with Crippen LogP contribution in [-0.2, 0) is 17.8 Å². The number of nitrogens with zero attached hydrogens (tertiary/aromatic N) is 1. The second-order valence-electron chi connectivity index (χ2n) is 4.60. The normalized spacial score (nSPS) is 10.9. The number of fused-ring (bicyclic) bond motifs is 1. The summed E-state index contributed by atoms with van der Waals surface area (Å²) in [6.45, 7) is 0.532. The van der Waals surface area contributed by atoms with Crippen molar-refractivity contribution in [3.8, 4) is 0 Å². The summed E-state index contributed by atoms with van der Waals surface area (Å²) in [5.74, 6) is -0.704. The zero-order valence-corrected chi connectivity index (χ0v) is 12.1. The largest absolute Gasteiger partial charge is 0.420 e. The first-order chi connectivity index (χ1) is 10.2. The molecule has 0 bridgehead atoms. The Morgan fingerprint density at radius 2 is 2.10 bits per heavy atom. The summed E-state index contributed by atoms with van der Waals surface area (Å²) in [4.78, 5) is 24.9. The van der Waals surface area contributed by atoms with Crippen molar-refractivity contribution in [1.82, 2.24) is 9.88 Å². The molecule has 5 nitrogen and oxygen atoms in total. The molecule has 1 N–H and O–H groups in total. The first kappa shape index (κ1) is 13.6. The zero-order valence-electron chi connectivity index (χ0n) is 11.2. The monoisotopic (exact) mass is 302 g/mol. The average Bonchev–Trinajstić information content (AvgIpc) is 3.08. The van der Waals surface area contributed by atoms with Crippen LogP contribution in [0.2, 0.25) is 0 Å². The number of nitrogens with one attached hydrogen (secondary N) is 1. The van der Waals surface area contributed by atoms with Crippen molar-refractivity contribution in [1.29, 1.82) is 0 Å². The van der Waals surface area contributed by atoms with Crippen molar-refractivity contribution in [3.05, 3.63) is 57.2 Å². The van der Waals surface area contributed by atoms with Gasteiger partial charge in [-0.3, -0.25) is 9.36 Å². The second kappa shape index (κ2) is 5.97. The third-order valence-electron chi connectivity index (χ3n) is 3.15. The van der Waals surface area contributed by atoms with Crippen LogP contribution in [0.1, 0.15) is 4.88 Å². The first-order valence-electron chi connectivity index (χ1n) is 6.61. The molecule has 0 aliphatic carbocycles. The average molecular weight is 302 g/mol. The van der Waals surface area contributed by atoms with E-state index in [-0.39, 0.29) is 12.5 Å². The molecule has 0 atom stereocenters. The van der Waals surface area contributed by atoms with Crippen LogP contribution in [-0.4, -0.2) is 17.0 Å². The van der Waals surface area contributed by atoms with Crippen molar-refractivity contribution in [2.45, 2.75) is 13.0 Å². The highest BCUT2D eigenvalue weighted by Gasteiger charge is 2.11. The fraction of sp³-hybridized carbons (Fsp3) is 0.200. The fourth-order valence-electron chi connectivity index (χ4n) is 2.14. The van der Waals surface area contributed by atoms with E-state index in [1.165, 1.54) is 9.44 Å². The summed E-state index contributed by atoms with van der Waals surface area (Å²) in [6, 6.07) is 11.1. The summed E-state index contributed by atoms with van der Waals surface area (Å²) < 4.78 is 6.44. The summed E-state index contributed by atoms with van der Waals surface area (Å²) >= 11 is 1.66. The molecule has 21 heavy (non-hydrogen) atoms. The number of hydrogen-bond donors (Lipinski definition) is 1. The molecule has 0 spiro atoms. The Balaban J connectivity index is 1.63. The molecule has 0 fully saturated rings. The number of oxazole rings is 1. The lowest BCUT2D eigenvalue weighted by Crippen LogP contribution is -2.32. The van der Waals surface area contributed by atoms with Gasteiger partial charge in [-0.15, -0.1) is 11.3 Å². The molecule has 6 heteroatoms. The van der Waals surface area contributed by atoms with Gasteiger partial charge in [0, 0.05) is 11.4 Å². The number of amides is 1. The SMILES string of the molecule is O=C(Cn1c(=O)oc2ccccc21)NCCc1cccs1. The number of carbonyl (C=O) groups is 1. The Kier molecular flexibility index (Phi) is 3.87. The van der Waals surface area contributed by atoms with Crippen LogP contribution in [0.5, 0.6) is 0 Å². The van der Waals surface area contributed by atoms with Crippen LogP contribution in [0, 0.1) is 0 Å². The van der Waals surface area contributed by atoms with Crippen LogP contribution >= 0.6 is 11.3 Å². The van der Waals surface area contributed by atoms with E-state index in [2.05, 4.69) is 5.32 Å². The lowest BCUT2D eigenvalue weighted by Gasteiger charge is -2.04. The van der Waals surface area contributed by atoms with Gasteiger partial charge in [0.1, 0.15) is 6.54 Å². The van der Waals surface area contributed by atoms with Gasteiger partial charge in [-0.2, -0.15) is 0 Å². The maximum absolute atomic E-state index is 11.9. The van der Waals surface area contributed by atoms with Crippen LogP contribution in [0.4, 0.5) is 0 Å². The summed E-state index contributed by atoms with van der Waals surface area (Å²) in [6.07, 6.45) is 0.796. The van der Waals surface area contributed by atoms with E-state index >= 15 is 0 Å². The topological polar surface area (TPSA) is 64.2 Å². The summed E-state index contributed by atoms with van der Waals surface area (Å²) in [7, 11) is 0. The predicted molar refractivity (Wildman–Crippen MR) is 81.5 cm³/mol. The molecule has 2 aromatic heterocycles. The maximum atomic E-state index is 11.9. The second-order valence-corrected chi connectivity index (χ2v) is 5.63. The minimum Gasteiger partial charge on any atom is -0.408 e. The minimum atomic E-state index is -0.510. The molecule has 3 rings (SSSR count). The first-order valence-corrected chi connectivity index (χ1v) is 7.49. The molecule has 1 aromatic carbocycles. The minimum absolute atomic E-state index is 0.0275. The summed E-state index contributed by atoms with van der Waals surface area (Å²) in [5, 5.41) is 4.83. The number of para-hydroxylation sites is 2. The third kappa shape index (κ3) is 3.05. The van der Waals surface area contributed by atoms with Crippen molar-refractivity contribution in [2.24, 2.45) is 0 Å². The van der Waals surface area contributed by atoms with Gasteiger partial charge >= 0.3 is 5.76 Å². The third-order valence-corrected chi connectivity index (χ3v) is 4.09. The van der Waals surface area contributed by atoms with Crippen LogP contribution in [0.25, 0.3) is 11.1 Å². The van der Waals surface area contributed by atoms with E-state index in [0.29, 0.717) is 17.6 Å². The van der Waals surface area contributed by atoms with E-state index in [1.54, 1.807) is 29.5 Å². The van der Waals surface area contributed by atoms with Gasteiger partial charge in [0.25, 0.3) is 0 Å². The van der Waals surface area contributed by atoms with Gasteiger partial charge in [-0.1, -0.05) is 18.2 Å². The van der Waals surface area contributed by atoms with Crippen molar-refractivity contribution in [2.75, 3.05) is 6.54 Å². The highest BCUT2D eigenvalue weighted by atomic mass is 32.1. The van der Waals surface area contributed by atoms with Gasteiger partial charge < -0.3 is 9.73 Å². The Morgan fingerprint density at radius 1 is 1.24 bits per heavy atom.